The molecule has 2 rings (SSSR count). The van der Waals surface area contributed by atoms with Crippen molar-refractivity contribution in [2.45, 2.75) is 13.5 Å². The SMILES string of the molecule is Cc1cc(CNC(=O)c2ccc(N)nc2)on1. The van der Waals surface area contributed by atoms with Gasteiger partial charge in [0.2, 0.25) is 0 Å². The summed E-state index contributed by atoms with van der Waals surface area (Å²) in [6.07, 6.45) is 1.43. The van der Waals surface area contributed by atoms with E-state index in [1.807, 2.05) is 6.92 Å². The molecule has 2 aromatic rings. The molecule has 0 aliphatic heterocycles. The molecule has 0 atom stereocenters. The Morgan fingerprint density at radius 2 is 2.35 bits per heavy atom. The lowest BCUT2D eigenvalue weighted by atomic mass is 10.2. The molecule has 0 saturated heterocycles. The second-order valence-electron chi connectivity index (χ2n) is 3.59. The Labute approximate surface area is 97.8 Å². The van der Waals surface area contributed by atoms with Gasteiger partial charge in [0.25, 0.3) is 5.91 Å². The van der Waals surface area contributed by atoms with Gasteiger partial charge in [0.15, 0.2) is 5.76 Å². The van der Waals surface area contributed by atoms with Gasteiger partial charge in [0.1, 0.15) is 5.82 Å². The van der Waals surface area contributed by atoms with Crippen LogP contribution >= 0.6 is 0 Å². The van der Waals surface area contributed by atoms with Crippen molar-refractivity contribution in [1.82, 2.24) is 15.5 Å². The number of amides is 1. The van der Waals surface area contributed by atoms with Gasteiger partial charge in [-0.3, -0.25) is 4.79 Å². The third kappa shape index (κ3) is 2.81. The molecule has 0 radical (unpaired) electrons. The molecule has 6 heteroatoms. The molecular weight excluding hydrogens is 220 g/mol. The Bertz CT molecular complexity index is 519. The number of nitrogens with zero attached hydrogens (tertiary/aromatic N) is 2. The van der Waals surface area contributed by atoms with E-state index >= 15 is 0 Å². The van der Waals surface area contributed by atoms with E-state index in [0.717, 1.165) is 5.69 Å². The fraction of sp³-hybridized carbons (Fsp3) is 0.182. The van der Waals surface area contributed by atoms with Gasteiger partial charge in [0.05, 0.1) is 17.8 Å². The fourth-order valence-electron chi connectivity index (χ4n) is 1.31. The normalized spacial score (nSPS) is 10.2. The molecule has 0 aromatic carbocycles. The molecule has 0 fully saturated rings. The zero-order valence-corrected chi connectivity index (χ0v) is 9.30. The van der Waals surface area contributed by atoms with E-state index in [0.29, 0.717) is 23.7 Å². The molecule has 0 aliphatic carbocycles. The molecule has 3 N–H and O–H groups in total. The first kappa shape index (κ1) is 11.1. The number of pyridine rings is 1. The van der Waals surface area contributed by atoms with Gasteiger partial charge in [-0.25, -0.2) is 4.98 Å². The minimum atomic E-state index is -0.230. The van der Waals surface area contributed by atoms with E-state index < -0.39 is 0 Å². The van der Waals surface area contributed by atoms with Crippen molar-refractivity contribution in [2.75, 3.05) is 5.73 Å². The third-order valence-corrected chi connectivity index (χ3v) is 2.15. The number of carbonyl (C=O) groups is 1. The van der Waals surface area contributed by atoms with Gasteiger partial charge < -0.3 is 15.6 Å². The average Bonchev–Trinajstić information content (AvgIpc) is 2.73. The summed E-state index contributed by atoms with van der Waals surface area (Å²) >= 11 is 0. The molecule has 17 heavy (non-hydrogen) atoms. The largest absolute Gasteiger partial charge is 0.384 e. The standard InChI is InChI=1S/C11H12N4O2/c1-7-4-9(17-15-7)6-14-11(16)8-2-3-10(12)13-5-8/h2-5H,6H2,1H3,(H2,12,13)(H,14,16). The van der Waals surface area contributed by atoms with Crippen LogP contribution in [0.2, 0.25) is 0 Å². The van der Waals surface area contributed by atoms with Crippen molar-refractivity contribution in [3.05, 3.63) is 41.4 Å². The Kier molecular flexibility index (Phi) is 3.04. The summed E-state index contributed by atoms with van der Waals surface area (Å²) in [6.45, 7) is 2.11. The van der Waals surface area contributed by atoms with Gasteiger partial charge in [-0.15, -0.1) is 0 Å². The molecule has 0 spiro atoms. The van der Waals surface area contributed by atoms with Gasteiger partial charge in [0, 0.05) is 12.3 Å². The highest BCUT2D eigenvalue weighted by molar-refractivity contribution is 5.93. The van der Waals surface area contributed by atoms with Crippen molar-refractivity contribution in [1.29, 1.82) is 0 Å². The van der Waals surface area contributed by atoms with Crippen LogP contribution in [-0.4, -0.2) is 16.0 Å². The topological polar surface area (TPSA) is 94.0 Å². The number of carbonyl (C=O) groups excluding carboxylic acids is 1. The first-order chi connectivity index (χ1) is 8.15. The highest BCUT2D eigenvalue weighted by atomic mass is 16.5. The van der Waals surface area contributed by atoms with Gasteiger partial charge >= 0.3 is 0 Å². The van der Waals surface area contributed by atoms with Gasteiger partial charge in [-0.1, -0.05) is 5.16 Å². The van der Waals surface area contributed by atoms with Crippen LogP contribution in [0.15, 0.2) is 28.9 Å². The summed E-state index contributed by atoms with van der Waals surface area (Å²) in [5.41, 5.74) is 6.66. The summed E-state index contributed by atoms with van der Waals surface area (Å²) < 4.78 is 4.97. The van der Waals surface area contributed by atoms with Crippen molar-refractivity contribution < 1.29 is 9.32 Å². The molecule has 0 bridgehead atoms. The molecule has 2 heterocycles. The molecule has 88 valence electrons. The van der Waals surface area contributed by atoms with Crippen LogP contribution in [0, 0.1) is 6.92 Å². The molecule has 2 aromatic heterocycles. The van der Waals surface area contributed by atoms with E-state index in [1.165, 1.54) is 6.20 Å². The van der Waals surface area contributed by atoms with Crippen molar-refractivity contribution in [3.8, 4) is 0 Å². The van der Waals surface area contributed by atoms with E-state index in [4.69, 9.17) is 10.3 Å². The lowest BCUT2D eigenvalue weighted by Crippen LogP contribution is -2.22. The number of aryl methyl sites for hydroxylation is 1. The van der Waals surface area contributed by atoms with Crippen LogP contribution in [0.4, 0.5) is 5.82 Å². The maximum atomic E-state index is 11.7. The zero-order chi connectivity index (χ0) is 12.3. The quantitative estimate of drug-likeness (QED) is 0.819. The number of nitrogens with two attached hydrogens (primary N) is 1. The number of nitrogen functional groups attached to an aromatic ring is 1. The van der Waals surface area contributed by atoms with Gasteiger partial charge in [-0.2, -0.15) is 0 Å². The number of hydrogen-bond acceptors (Lipinski definition) is 5. The van der Waals surface area contributed by atoms with Crippen LogP contribution in [0.5, 0.6) is 0 Å². The fourth-order valence-corrected chi connectivity index (χ4v) is 1.31. The molecule has 0 aliphatic rings. The predicted molar refractivity (Wildman–Crippen MR) is 61.1 cm³/mol. The molecule has 0 saturated carbocycles. The second kappa shape index (κ2) is 4.65. The number of nitrogens with one attached hydrogen (secondary N) is 1. The van der Waals surface area contributed by atoms with Crippen LogP contribution in [0.1, 0.15) is 21.8 Å². The number of rotatable bonds is 3. The number of hydrogen-bond donors (Lipinski definition) is 2. The summed E-state index contributed by atoms with van der Waals surface area (Å²) in [5, 5.41) is 6.42. The minimum absolute atomic E-state index is 0.230. The Morgan fingerprint density at radius 1 is 1.53 bits per heavy atom. The van der Waals surface area contributed by atoms with Crippen molar-refractivity contribution >= 4 is 11.7 Å². The van der Waals surface area contributed by atoms with E-state index in [2.05, 4.69) is 15.5 Å². The van der Waals surface area contributed by atoms with E-state index in [9.17, 15) is 4.79 Å². The zero-order valence-electron chi connectivity index (χ0n) is 9.30. The highest BCUT2D eigenvalue weighted by Gasteiger charge is 2.07. The summed E-state index contributed by atoms with van der Waals surface area (Å²) in [5.74, 6) is 0.762. The molecule has 0 unspecified atom stereocenters. The maximum Gasteiger partial charge on any atom is 0.253 e. The lowest BCUT2D eigenvalue weighted by Gasteiger charge is -2.02. The monoisotopic (exact) mass is 232 g/mol. The van der Waals surface area contributed by atoms with Crippen LogP contribution in [0.3, 0.4) is 0 Å². The molecule has 6 nitrogen and oxygen atoms in total. The Morgan fingerprint density at radius 3 is 2.94 bits per heavy atom. The van der Waals surface area contributed by atoms with Crippen molar-refractivity contribution in [3.63, 3.8) is 0 Å². The first-order valence-electron chi connectivity index (χ1n) is 5.07. The van der Waals surface area contributed by atoms with E-state index in [1.54, 1.807) is 18.2 Å². The Hall–Kier alpha value is -2.37. The first-order valence-corrected chi connectivity index (χ1v) is 5.07. The summed E-state index contributed by atoms with van der Waals surface area (Å²) in [6, 6.07) is 4.96. The molecule has 1 amide bonds. The highest BCUT2D eigenvalue weighted by Crippen LogP contribution is 2.04. The molecular formula is C11H12N4O2. The summed E-state index contributed by atoms with van der Waals surface area (Å²) in [4.78, 5) is 15.5. The average molecular weight is 232 g/mol. The minimum Gasteiger partial charge on any atom is -0.384 e. The van der Waals surface area contributed by atoms with E-state index in [-0.39, 0.29) is 5.91 Å². The smallest absolute Gasteiger partial charge is 0.253 e. The van der Waals surface area contributed by atoms with Crippen molar-refractivity contribution in [2.24, 2.45) is 0 Å². The lowest BCUT2D eigenvalue weighted by molar-refractivity contribution is 0.0947. The van der Waals surface area contributed by atoms with Gasteiger partial charge in [-0.05, 0) is 19.1 Å². The maximum absolute atomic E-state index is 11.7. The number of anilines is 1. The summed E-state index contributed by atoms with van der Waals surface area (Å²) in [7, 11) is 0. The third-order valence-electron chi connectivity index (χ3n) is 2.15. The van der Waals surface area contributed by atoms with Crippen LogP contribution in [-0.2, 0) is 6.54 Å². The van der Waals surface area contributed by atoms with Crippen LogP contribution in [0.25, 0.3) is 0 Å². The van der Waals surface area contributed by atoms with Crippen LogP contribution < -0.4 is 11.1 Å². The second-order valence-corrected chi connectivity index (χ2v) is 3.59. The number of aromatic nitrogens is 2. The predicted octanol–water partition coefficient (Wildman–Crippen LogP) is 0.890. The Balaban J connectivity index is 1.95.